The molecule has 1 heterocycles. The standard InChI is InChI=1S/C23H24FN3O5/c1-32-26-23(31)21(29)18(13-15-7-3-2-4-8-15)25-22(30)19-11-12-20(28)27(19)14-16-9-5-6-10-17(16)24/h2-10,18-19H,11-14H2,1H3,(H,25,30)(H,26,31)/t18?,19-/m0/s1. The molecule has 0 bridgehead atoms. The molecule has 0 saturated carbocycles. The Morgan fingerprint density at radius 2 is 1.81 bits per heavy atom. The molecule has 9 heteroatoms. The van der Waals surface area contributed by atoms with Gasteiger partial charge < -0.3 is 10.2 Å². The van der Waals surface area contributed by atoms with Crippen molar-refractivity contribution < 1.29 is 28.4 Å². The number of nitrogens with zero attached hydrogens (tertiary/aromatic N) is 1. The maximum Gasteiger partial charge on any atom is 0.313 e. The second-order valence-electron chi connectivity index (χ2n) is 7.42. The molecule has 1 saturated heterocycles. The lowest BCUT2D eigenvalue weighted by Crippen LogP contribution is -2.53. The summed E-state index contributed by atoms with van der Waals surface area (Å²) in [5.41, 5.74) is 2.99. The Morgan fingerprint density at radius 1 is 1.12 bits per heavy atom. The minimum Gasteiger partial charge on any atom is -0.344 e. The van der Waals surface area contributed by atoms with Gasteiger partial charge in [-0.2, -0.15) is 0 Å². The molecule has 3 amide bonds. The molecule has 0 aromatic heterocycles. The van der Waals surface area contributed by atoms with Gasteiger partial charge in [-0.25, -0.2) is 9.87 Å². The largest absolute Gasteiger partial charge is 0.344 e. The highest BCUT2D eigenvalue weighted by molar-refractivity contribution is 6.38. The lowest BCUT2D eigenvalue weighted by atomic mass is 10.0. The Labute approximate surface area is 184 Å². The van der Waals surface area contributed by atoms with Gasteiger partial charge in [-0.1, -0.05) is 48.5 Å². The summed E-state index contributed by atoms with van der Waals surface area (Å²) in [7, 11) is 1.20. The van der Waals surface area contributed by atoms with Crippen LogP contribution in [0.2, 0.25) is 0 Å². The van der Waals surface area contributed by atoms with E-state index in [1.165, 1.54) is 18.1 Å². The van der Waals surface area contributed by atoms with Crippen molar-refractivity contribution in [3.63, 3.8) is 0 Å². The first-order chi connectivity index (χ1) is 15.4. The molecule has 8 nitrogen and oxygen atoms in total. The molecule has 1 fully saturated rings. The Balaban J connectivity index is 1.77. The van der Waals surface area contributed by atoms with Crippen LogP contribution in [0.3, 0.4) is 0 Å². The fourth-order valence-corrected chi connectivity index (χ4v) is 3.64. The molecule has 1 aliphatic heterocycles. The van der Waals surface area contributed by atoms with Crippen LogP contribution in [0.1, 0.15) is 24.0 Å². The first kappa shape index (κ1) is 23.1. The van der Waals surface area contributed by atoms with Gasteiger partial charge >= 0.3 is 5.91 Å². The maximum absolute atomic E-state index is 14.1. The first-order valence-corrected chi connectivity index (χ1v) is 10.1. The Hall–Kier alpha value is -3.59. The molecule has 2 aromatic rings. The topological polar surface area (TPSA) is 105 Å². The lowest BCUT2D eigenvalue weighted by Gasteiger charge is -2.26. The van der Waals surface area contributed by atoms with Crippen molar-refractivity contribution >= 4 is 23.5 Å². The summed E-state index contributed by atoms with van der Waals surface area (Å²) >= 11 is 0. The highest BCUT2D eigenvalue weighted by Crippen LogP contribution is 2.23. The van der Waals surface area contributed by atoms with Crippen LogP contribution in [-0.2, 0) is 37.0 Å². The van der Waals surface area contributed by atoms with E-state index in [2.05, 4.69) is 10.2 Å². The summed E-state index contributed by atoms with van der Waals surface area (Å²) in [6.07, 6.45) is 0.445. The number of Topliss-reactive ketones (excluding diaryl/α,β-unsaturated/α-hetero) is 1. The first-order valence-electron chi connectivity index (χ1n) is 10.1. The summed E-state index contributed by atoms with van der Waals surface area (Å²) in [5, 5.41) is 2.60. The molecular formula is C23H24FN3O5. The summed E-state index contributed by atoms with van der Waals surface area (Å²) < 4.78 is 14.1. The van der Waals surface area contributed by atoms with Crippen molar-refractivity contribution in [2.45, 2.75) is 37.9 Å². The molecule has 2 atom stereocenters. The van der Waals surface area contributed by atoms with Crippen molar-refractivity contribution in [3.05, 3.63) is 71.5 Å². The summed E-state index contributed by atoms with van der Waals surface area (Å²) in [4.78, 5) is 55.9. The number of ketones is 1. The van der Waals surface area contributed by atoms with Gasteiger partial charge in [0, 0.05) is 24.9 Å². The molecule has 168 valence electrons. The fourth-order valence-electron chi connectivity index (χ4n) is 3.64. The zero-order valence-electron chi connectivity index (χ0n) is 17.5. The van der Waals surface area contributed by atoms with Crippen LogP contribution in [0, 0.1) is 5.82 Å². The van der Waals surface area contributed by atoms with Crippen molar-refractivity contribution in [1.29, 1.82) is 0 Å². The zero-order chi connectivity index (χ0) is 23.1. The summed E-state index contributed by atoms with van der Waals surface area (Å²) in [6.45, 7) is -0.0644. The van der Waals surface area contributed by atoms with Gasteiger partial charge in [0.1, 0.15) is 17.9 Å². The second kappa shape index (κ2) is 10.6. The number of benzene rings is 2. The molecule has 3 rings (SSSR count). The number of halogens is 1. The predicted molar refractivity (Wildman–Crippen MR) is 112 cm³/mol. The highest BCUT2D eigenvalue weighted by Gasteiger charge is 2.38. The number of hydroxylamine groups is 1. The quantitative estimate of drug-likeness (QED) is 0.451. The molecule has 2 aromatic carbocycles. The van der Waals surface area contributed by atoms with E-state index >= 15 is 0 Å². The van der Waals surface area contributed by atoms with E-state index in [1.54, 1.807) is 48.5 Å². The van der Waals surface area contributed by atoms with Crippen LogP contribution < -0.4 is 10.8 Å². The smallest absolute Gasteiger partial charge is 0.313 e. The molecule has 1 aliphatic rings. The number of likely N-dealkylation sites (tertiary alicyclic amines) is 1. The van der Waals surface area contributed by atoms with Gasteiger partial charge in [-0.15, -0.1) is 0 Å². The average Bonchev–Trinajstić information content (AvgIpc) is 3.15. The molecule has 0 spiro atoms. The predicted octanol–water partition coefficient (Wildman–Crippen LogP) is 1.29. The Morgan fingerprint density at radius 3 is 2.50 bits per heavy atom. The molecule has 0 radical (unpaired) electrons. The van der Waals surface area contributed by atoms with Crippen LogP contribution in [0.25, 0.3) is 0 Å². The van der Waals surface area contributed by atoms with Crippen LogP contribution in [-0.4, -0.2) is 47.6 Å². The third-order valence-corrected chi connectivity index (χ3v) is 5.26. The Kier molecular flexibility index (Phi) is 7.67. The van der Waals surface area contributed by atoms with Gasteiger partial charge in [0.2, 0.25) is 17.6 Å². The van der Waals surface area contributed by atoms with Gasteiger partial charge in [0.25, 0.3) is 0 Å². The zero-order valence-corrected chi connectivity index (χ0v) is 17.5. The monoisotopic (exact) mass is 441 g/mol. The number of hydrogen-bond donors (Lipinski definition) is 2. The third-order valence-electron chi connectivity index (χ3n) is 5.26. The minimum atomic E-state index is -1.16. The van der Waals surface area contributed by atoms with Gasteiger partial charge in [-0.05, 0) is 18.1 Å². The number of carbonyl (C=O) groups is 4. The molecule has 32 heavy (non-hydrogen) atoms. The number of carbonyl (C=O) groups excluding carboxylic acids is 4. The van der Waals surface area contributed by atoms with Gasteiger partial charge in [0.05, 0.1) is 7.11 Å². The highest BCUT2D eigenvalue weighted by atomic mass is 19.1. The van der Waals surface area contributed by atoms with Gasteiger partial charge in [0.15, 0.2) is 0 Å². The summed E-state index contributed by atoms with van der Waals surface area (Å²) in [6, 6.07) is 12.9. The average molecular weight is 441 g/mol. The molecule has 2 N–H and O–H groups in total. The molecular weight excluding hydrogens is 417 g/mol. The summed E-state index contributed by atoms with van der Waals surface area (Å²) in [5.74, 6) is -3.21. The lowest BCUT2D eigenvalue weighted by molar-refractivity contribution is -0.146. The Bertz CT molecular complexity index is 998. The van der Waals surface area contributed by atoms with Crippen LogP contribution in [0.15, 0.2) is 54.6 Å². The van der Waals surface area contributed by atoms with Crippen LogP contribution in [0.4, 0.5) is 4.39 Å². The van der Waals surface area contributed by atoms with E-state index in [4.69, 9.17) is 0 Å². The van der Waals surface area contributed by atoms with E-state index in [0.29, 0.717) is 0 Å². The van der Waals surface area contributed by atoms with E-state index in [9.17, 15) is 23.6 Å². The van der Waals surface area contributed by atoms with E-state index in [1.807, 2.05) is 5.48 Å². The minimum absolute atomic E-state index is 0.0644. The molecule has 0 aliphatic carbocycles. The third kappa shape index (κ3) is 5.55. The van der Waals surface area contributed by atoms with Crippen LogP contribution >= 0.6 is 0 Å². The second-order valence-corrected chi connectivity index (χ2v) is 7.42. The van der Waals surface area contributed by atoms with Crippen molar-refractivity contribution in [1.82, 2.24) is 15.7 Å². The van der Waals surface area contributed by atoms with E-state index in [0.717, 1.165) is 5.56 Å². The number of nitrogens with one attached hydrogen (secondary N) is 2. The SMILES string of the molecule is CONC(=O)C(=O)C(Cc1ccccc1)NC(=O)[C@@H]1CCC(=O)N1Cc1ccccc1F. The van der Waals surface area contributed by atoms with Crippen molar-refractivity contribution in [2.75, 3.05) is 7.11 Å². The normalized spacial score (nSPS) is 16.5. The van der Waals surface area contributed by atoms with Crippen molar-refractivity contribution in [3.8, 4) is 0 Å². The fraction of sp³-hybridized carbons (Fsp3) is 0.304. The number of amides is 3. The van der Waals surface area contributed by atoms with Crippen LogP contribution in [0.5, 0.6) is 0 Å². The number of rotatable bonds is 9. The maximum atomic E-state index is 14.1. The number of hydrogen-bond acceptors (Lipinski definition) is 5. The van der Waals surface area contributed by atoms with E-state index in [-0.39, 0.29) is 37.3 Å². The van der Waals surface area contributed by atoms with E-state index < -0.39 is 35.5 Å². The molecule has 1 unspecified atom stereocenters. The van der Waals surface area contributed by atoms with Crippen molar-refractivity contribution in [2.24, 2.45) is 0 Å². The van der Waals surface area contributed by atoms with Gasteiger partial charge in [-0.3, -0.25) is 24.0 Å².